The Morgan fingerprint density at radius 3 is 2.59 bits per heavy atom. The number of nitrogens with two attached hydrogens (primary N) is 1. The highest BCUT2D eigenvalue weighted by atomic mass is 19.1. The van der Waals surface area contributed by atoms with Gasteiger partial charge in [0.1, 0.15) is 5.82 Å². The smallest absolute Gasteiger partial charge is 0.123 e. The van der Waals surface area contributed by atoms with Gasteiger partial charge in [0.25, 0.3) is 0 Å². The molecule has 0 spiro atoms. The zero-order valence-electron chi connectivity index (χ0n) is 10.1. The third-order valence-corrected chi connectivity index (χ3v) is 3.49. The normalized spacial score (nSPS) is 17.8. The molecule has 0 heterocycles. The predicted molar refractivity (Wildman–Crippen MR) is 66.1 cm³/mol. The molecule has 94 valence electrons. The highest BCUT2D eigenvalue weighted by Crippen LogP contribution is 2.29. The van der Waals surface area contributed by atoms with Gasteiger partial charge in [-0.25, -0.2) is 4.39 Å². The highest BCUT2D eigenvalue weighted by Gasteiger charge is 2.16. The SMILES string of the molecule is NC(COCCC1CCC1)c1ccc(F)cc1. The maximum Gasteiger partial charge on any atom is 0.123 e. The molecular weight excluding hydrogens is 217 g/mol. The Balaban J connectivity index is 1.65. The number of benzene rings is 1. The summed E-state index contributed by atoms with van der Waals surface area (Å²) < 4.78 is 18.3. The van der Waals surface area contributed by atoms with Crippen LogP contribution in [0.2, 0.25) is 0 Å². The summed E-state index contributed by atoms with van der Waals surface area (Å²) in [6.45, 7) is 1.30. The van der Waals surface area contributed by atoms with Gasteiger partial charge in [-0.1, -0.05) is 31.4 Å². The molecule has 0 bridgehead atoms. The molecule has 17 heavy (non-hydrogen) atoms. The molecule has 1 saturated carbocycles. The van der Waals surface area contributed by atoms with E-state index in [1.165, 1.54) is 31.4 Å². The van der Waals surface area contributed by atoms with Crippen LogP contribution in [0.5, 0.6) is 0 Å². The van der Waals surface area contributed by atoms with Crippen LogP contribution in [0.3, 0.4) is 0 Å². The van der Waals surface area contributed by atoms with Gasteiger partial charge < -0.3 is 10.5 Å². The summed E-state index contributed by atoms with van der Waals surface area (Å²) in [4.78, 5) is 0. The third kappa shape index (κ3) is 3.79. The second kappa shape index (κ2) is 6.12. The number of rotatable bonds is 6. The van der Waals surface area contributed by atoms with Crippen LogP contribution in [0, 0.1) is 11.7 Å². The lowest BCUT2D eigenvalue weighted by atomic mass is 9.83. The minimum atomic E-state index is -0.230. The summed E-state index contributed by atoms with van der Waals surface area (Å²) in [6, 6.07) is 6.15. The van der Waals surface area contributed by atoms with Gasteiger partial charge in [-0.3, -0.25) is 0 Å². The van der Waals surface area contributed by atoms with E-state index in [4.69, 9.17) is 10.5 Å². The summed E-state index contributed by atoms with van der Waals surface area (Å²) in [5.41, 5.74) is 6.89. The maximum atomic E-state index is 12.7. The molecule has 1 aromatic carbocycles. The topological polar surface area (TPSA) is 35.2 Å². The van der Waals surface area contributed by atoms with Crippen molar-refractivity contribution in [3.05, 3.63) is 35.6 Å². The summed E-state index contributed by atoms with van der Waals surface area (Å²) in [5.74, 6) is 0.642. The van der Waals surface area contributed by atoms with Crippen molar-refractivity contribution in [3.63, 3.8) is 0 Å². The fourth-order valence-electron chi connectivity index (χ4n) is 2.05. The van der Waals surface area contributed by atoms with Crippen molar-refractivity contribution in [1.82, 2.24) is 0 Å². The van der Waals surface area contributed by atoms with Gasteiger partial charge in [0.2, 0.25) is 0 Å². The molecule has 2 rings (SSSR count). The van der Waals surface area contributed by atoms with Crippen molar-refractivity contribution in [2.45, 2.75) is 31.7 Å². The first kappa shape index (κ1) is 12.5. The average Bonchev–Trinajstić information content (AvgIpc) is 2.27. The Labute approximate surface area is 102 Å². The van der Waals surface area contributed by atoms with Gasteiger partial charge in [-0.15, -0.1) is 0 Å². The van der Waals surface area contributed by atoms with Crippen LogP contribution in [-0.4, -0.2) is 13.2 Å². The van der Waals surface area contributed by atoms with E-state index in [9.17, 15) is 4.39 Å². The van der Waals surface area contributed by atoms with Crippen LogP contribution >= 0.6 is 0 Å². The summed E-state index contributed by atoms with van der Waals surface area (Å²) in [7, 11) is 0. The van der Waals surface area contributed by atoms with E-state index in [2.05, 4.69) is 0 Å². The lowest BCUT2D eigenvalue weighted by Crippen LogP contribution is -2.19. The fraction of sp³-hybridized carbons (Fsp3) is 0.571. The van der Waals surface area contributed by atoms with Crippen LogP contribution in [-0.2, 0) is 4.74 Å². The lowest BCUT2D eigenvalue weighted by Gasteiger charge is -2.25. The minimum Gasteiger partial charge on any atom is -0.379 e. The molecule has 1 fully saturated rings. The minimum absolute atomic E-state index is 0.156. The van der Waals surface area contributed by atoms with Gasteiger partial charge in [0, 0.05) is 6.61 Å². The van der Waals surface area contributed by atoms with Crippen LogP contribution in [0.25, 0.3) is 0 Å². The summed E-state index contributed by atoms with van der Waals surface area (Å²) in [6.07, 6.45) is 5.23. The molecule has 3 heteroatoms. The van der Waals surface area contributed by atoms with Crippen molar-refractivity contribution in [3.8, 4) is 0 Å². The Hall–Kier alpha value is -0.930. The first-order chi connectivity index (χ1) is 8.25. The number of hydrogen-bond donors (Lipinski definition) is 1. The largest absolute Gasteiger partial charge is 0.379 e. The van der Waals surface area contributed by atoms with E-state index >= 15 is 0 Å². The summed E-state index contributed by atoms with van der Waals surface area (Å²) in [5, 5.41) is 0. The van der Waals surface area contributed by atoms with Gasteiger partial charge in [-0.05, 0) is 30.0 Å². The number of halogens is 1. The molecule has 1 aliphatic rings. The van der Waals surface area contributed by atoms with E-state index in [0.717, 1.165) is 24.5 Å². The van der Waals surface area contributed by atoms with Crippen LogP contribution < -0.4 is 5.73 Å². The van der Waals surface area contributed by atoms with Crippen LogP contribution in [0.15, 0.2) is 24.3 Å². The van der Waals surface area contributed by atoms with E-state index < -0.39 is 0 Å². The molecule has 1 unspecified atom stereocenters. The Bertz CT molecular complexity index is 335. The number of ether oxygens (including phenoxy) is 1. The molecule has 0 saturated heterocycles. The highest BCUT2D eigenvalue weighted by molar-refractivity contribution is 5.19. The van der Waals surface area contributed by atoms with Crippen molar-refractivity contribution < 1.29 is 9.13 Å². The maximum absolute atomic E-state index is 12.7. The molecule has 1 aromatic rings. The van der Waals surface area contributed by atoms with Crippen molar-refractivity contribution in [2.75, 3.05) is 13.2 Å². The standard InChI is InChI=1S/C14H20FNO/c15-13-6-4-12(5-7-13)14(16)10-17-9-8-11-2-1-3-11/h4-7,11,14H,1-3,8-10,16H2. The Kier molecular flexibility index (Phi) is 4.51. The number of hydrogen-bond acceptors (Lipinski definition) is 2. The third-order valence-electron chi connectivity index (χ3n) is 3.49. The van der Waals surface area contributed by atoms with Crippen LogP contribution in [0.4, 0.5) is 4.39 Å². The van der Waals surface area contributed by atoms with Gasteiger partial charge in [-0.2, -0.15) is 0 Å². The molecule has 2 nitrogen and oxygen atoms in total. The molecular formula is C14H20FNO. The van der Waals surface area contributed by atoms with E-state index in [1.54, 1.807) is 12.1 Å². The monoisotopic (exact) mass is 237 g/mol. The van der Waals surface area contributed by atoms with Gasteiger partial charge >= 0.3 is 0 Å². The van der Waals surface area contributed by atoms with Crippen molar-refractivity contribution in [1.29, 1.82) is 0 Å². The quantitative estimate of drug-likeness (QED) is 0.772. The first-order valence-electron chi connectivity index (χ1n) is 6.34. The van der Waals surface area contributed by atoms with Gasteiger partial charge in [0.05, 0.1) is 12.6 Å². The average molecular weight is 237 g/mol. The summed E-state index contributed by atoms with van der Waals surface area (Å²) >= 11 is 0. The Morgan fingerprint density at radius 1 is 1.29 bits per heavy atom. The van der Waals surface area contributed by atoms with Crippen molar-refractivity contribution >= 4 is 0 Å². The Morgan fingerprint density at radius 2 is 2.00 bits per heavy atom. The zero-order valence-corrected chi connectivity index (χ0v) is 10.1. The van der Waals surface area contributed by atoms with E-state index in [1.807, 2.05) is 0 Å². The molecule has 1 atom stereocenters. The van der Waals surface area contributed by atoms with Crippen LogP contribution in [0.1, 0.15) is 37.3 Å². The second-order valence-electron chi connectivity index (χ2n) is 4.82. The molecule has 1 aliphatic carbocycles. The molecule has 0 aromatic heterocycles. The molecule has 2 N–H and O–H groups in total. The molecule has 0 amide bonds. The first-order valence-corrected chi connectivity index (χ1v) is 6.34. The predicted octanol–water partition coefficient (Wildman–Crippen LogP) is 3.03. The zero-order chi connectivity index (χ0) is 12.1. The second-order valence-corrected chi connectivity index (χ2v) is 4.82. The molecule has 0 radical (unpaired) electrons. The van der Waals surface area contributed by atoms with E-state index in [0.29, 0.717) is 6.61 Å². The molecule has 0 aliphatic heterocycles. The van der Waals surface area contributed by atoms with Crippen molar-refractivity contribution in [2.24, 2.45) is 11.7 Å². The van der Waals surface area contributed by atoms with E-state index in [-0.39, 0.29) is 11.9 Å². The fourth-order valence-corrected chi connectivity index (χ4v) is 2.05. The lowest BCUT2D eigenvalue weighted by molar-refractivity contribution is 0.0962. The van der Waals surface area contributed by atoms with Gasteiger partial charge in [0.15, 0.2) is 0 Å².